The van der Waals surface area contributed by atoms with Crippen LogP contribution in [0.3, 0.4) is 0 Å². The molecule has 1 nitrogen and oxygen atoms in total. The summed E-state index contributed by atoms with van der Waals surface area (Å²) in [5.74, 6) is 0. The van der Waals surface area contributed by atoms with Crippen LogP contribution in [0.15, 0.2) is 30.3 Å². The molecule has 0 radical (unpaired) electrons. The third-order valence-electron chi connectivity index (χ3n) is 3.38. The van der Waals surface area contributed by atoms with Gasteiger partial charge >= 0.3 is 0 Å². The fraction of sp³-hybridized carbons (Fsp3) is 0.375. The summed E-state index contributed by atoms with van der Waals surface area (Å²) >= 11 is 1.90. The fourth-order valence-electron chi connectivity index (χ4n) is 2.51. The van der Waals surface area contributed by atoms with Crippen molar-refractivity contribution >= 4 is 11.3 Å². The van der Waals surface area contributed by atoms with E-state index in [0.29, 0.717) is 6.04 Å². The molecule has 18 heavy (non-hydrogen) atoms. The van der Waals surface area contributed by atoms with Crippen molar-refractivity contribution in [3.63, 3.8) is 0 Å². The first-order valence-corrected chi connectivity index (χ1v) is 7.31. The van der Waals surface area contributed by atoms with Crippen molar-refractivity contribution < 1.29 is 0 Å². The van der Waals surface area contributed by atoms with Crippen molar-refractivity contribution in [2.45, 2.75) is 33.2 Å². The van der Waals surface area contributed by atoms with Crippen LogP contribution in [0.5, 0.6) is 0 Å². The minimum Gasteiger partial charge on any atom is -0.309 e. The molecule has 2 aromatic rings. The predicted octanol–water partition coefficient (Wildman–Crippen LogP) is 4.24. The summed E-state index contributed by atoms with van der Waals surface area (Å²) in [6.45, 7) is 6.61. The molecular weight excluding hydrogens is 238 g/mol. The van der Waals surface area contributed by atoms with E-state index in [1.807, 2.05) is 18.4 Å². The van der Waals surface area contributed by atoms with Crippen LogP contribution in [-0.2, 0) is 6.42 Å². The van der Waals surface area contributed by atoms with Crippen LogP contribution in [0, 0.1) is 13.8 Å². The lowest BCUT2D eigenvalue weighted by Gasteiger charge is -2.19. The summed E-state index contributed by atoms with van der Waals surface area (Å²) in [4.78, 5) is 2.83. The molecule has 0 aliphatic carbocycles. The van der Waals surface area contributed by atoms with Crippen molar-refractivity contribution in [3.05, 3.63) is 56.8 Å². The summed E-state index contributed by atoms with van der Waals surface area (Å²) in [7, 11) is 2.05. The summed E-state index contributed by atoms with van der Waals surface area (Å²) in [6.07, 6.45) is 1.08. The van der Waals surface area contributed by atoms with Crippen LogP contribution in [-0.4, -0.2) is 7.05 Å². The van der Waals surface area contributed by atoms with Gasteiger partial charge in [-0.25, -0.2) is 0 Å². The zero-order valence-electron chi connectivity index (χ0n) is 11.6. The number of nitrogens with one attached hydrogen (secondary N) is 1. The van der Waals surface area contributed by atoms with Gasteiger partial charge in [-0.05, 0) is 50.1 Å². The maximum absolute atomic E-state index is 3.47. The van der Waals surface area contributed by atoms with Crippen LogP contribution in [0.1, 0.15) is 39.4 Å². The molecule has 1 unspecified atom stereocenters. The van der Waals surface area contributed by atoms with Gasteiger partial charge in [0.2, 0.25) is 0 Å². The zero-order chi connectivity index (χ0) is 13.1. The Balaban J connectivity index is 2.48. The van der Waals surface area contributed by atoms with E-state index in [2.05, 4.69) is 56.4 Å². The Bertz CT molecular complexity index is 528. The first kappa shape index (κ1) is 13.3. The lowest BCUT2D eigenvalue weighted by Crippen LogP contribution is -2.18. The van der Waals surface area contributed by atoms with Crippen LogP contribution in [0.4, 0.5) is 0 Å². The smallest absolute Gasteiger partial charge is 0.0674 e. The van der Waals surface area contributed by atoms with Crippen molar-refractivity contribution in [3.8, 4) is 0 Å². The van der Waals surface area contributed by atoms with E-state index in [0.717, 1.165) is 6.42 Å². The second kappa shape index (κ2) is 5.68. The topological polar surface area (TPSA) is 12.0 Å². The van der Waals surface area contributed by atoms with E-state index in [-0.39, 0.29) is 0 Å². The highest BCUT2D eigenvalue weighted by atomic mass is 32.1. The van der Waals surface area contributed by atoms with Gasteiger partial charge in [-0.2, -0.15) is 0 Å². The second-order valence-electron chi connectivity index (χ2n) is 4.68. The number of hydrogen-bond acceptors (Lipinski definition) is 2. The third-order valence-corrected chi connectivity index (χ3v) is 4.59. The van der Waals surface area contributed by atoms with Gasteiger partial charge in [0.25, 0.3) is 0 Å². The van der Waals surface area contributed by atoms with Crippen LogP contribution < -0.4 is 5.32 Å². The maximum Gasteiger partial charge on any atom is 0.0674 e. The standard InChI is InChI=1S/C16H21NS/c1-5-13-8-6-7-9-14(13)15(17-4)16-11(2)10-12(3)18-16/h6-10,15,17H,5H2,1-4H3. The lowest BCUT2D eigenvalue weighted by molar-refractivity contribution is 0.692. The van der Waals surface area contributed by atoms with E-state index < -0.39 is 0 Å². The highest BCUT2D eigenvalue weighted by Crippen LogP contribution is 2.33. The second-order valence-corrected chi connectivity index (χ2v) is 5.97. The quantitative estimate of drug-likeness (QED) is 0.866. The summed E-state index contributed by atoms with van der Waals surface area (Å²) < 4.78 is 0. The largest absolute Gasteiger partial charge is 0.309 e. The maximum atomic E-state index is 3.47. The molecule has 0 fully saturated rings. The molecule has 1 N–H and O–H groups in total. The SMILES string of the molecule is CCc1ccccc1C(NC)c1sc(C)cc1C. The van der Waals surface area contributed by atoms with Gasteiger partial charge < -0.3 is 5.32 Å². The van der Waals surface area contributed by atoms with Gasteiger partial charge in [-0.15, -0.1) is 11.3 Å². The van der Waals surface area contributed by atoms with Crippen LogP contribution in [0.2, 0.25) is 0 Å². The highest BCUT2D eigenvalue weighted by molar-refractivity contribution is 7.12. The van der Waals surface area contributed by atoms with Crippen molar-refractivity contribution in [1.29, 1.82) is 0 Å². The van der Waals surface area contributed by atoms with Crippen LogP contribution >= 0.6 is 11.3 Å². The van der Waals surface area contributed by atoms with Crippen molar-refractivity contribution in [1.82, 2.24) is 5.32 Å². The first-order valence-electron chi connectivity index (χ1n) is 6.49. The Morgan fingerprint density at radius 3 is 2.50 bits per heavy atom. The number of benzene rings is 1. The molecule has 0 bridgehead atoms. The summed E-state index contributed by atoms with van der Waals surface area (Å²) in [6, 6.07) is 11.3. The van der Waals surface area contributed by atoms with E-state index in [9.17, 15) is 0 Å². The average molecular weight is 259 g/mol. The number of hydrogen-bond donors (Lipinski definition) is 1. The average Bonchev–Trinajstić information content (AvgIpc) is 2.70. The van der Waals surface area contributed by atoms with E-state index in [1.54, 1.807) is 0 Å². The van der Waals surface area contributed by atoms with Gasteiger partial charge in [-0.1, -0.05) is 31.2 Å². The molecule has 0 amide bonds. The van der Waals surface area contributed by atoms with Crippen LogP contribution in [0.25, 0.3) is 0 Å². The predicted molar refractivity (Wildman–Crippen MR) is 80.5 cm³/mol. The highest BCUT2D eigenvalue weighted by Gasteiger charge is 2.18. The van der Waals surface area contributed by atoms with Crippen molar-refractivity contribution in [2.24, 2.45) is 0 Å². The van der Waals surface area contributed by atoms with Gasteiger partial charge in [0.1, 0.15) is 0 Å². The molecule has 1 atom stereocenters. The molecule has 0 aliphatic heterocycles. The molecule has 1 aromatic carbocycles. The normalized spacial score (nSPS) is 12.7. The lowest BCUT2D eigenvalue weighted by atomic mass is 9.96. The molecule has 2 rings (SSSR count). The number of thiophene rings is 1. The molecule has 1 aromatic heterocycles. The molecule has 0 saturated heterocycles. The van der Waals surface area contributed by atoms with E-state index in [1.165, 1.54) is 26.4 Å². The molecular formula is C16H21NS. The zero-order valence-corrected chi connectivity index (χ0v) is 12.4. The Hall–Kier alpha value is -1.12. The van der Waals surface area contributed by atoms with Gasteiger partial charge in [0.05, 0.1) is 6.04 Å². The molecule has 1 heterocycles. The summed E-state index contributed by atoms with van der Waals surface area (Å²) in [5, 5.41) is 3.47. The summed E-state index contributed by atoms with van der Waals surface area (Å²) in [5.41, 5.74) is 4.23. The molecule has 0 saturated carbocycles. The van der Waals surface area contributed by atoms with Crippen molar-refractivity contribution in [2.75, 3.05) is 7.05 Å². The van der Waals surface area contributed by atoms with Gasteiger partial charge in [0.15, 0.2) is 0 Å². The molecule has 0 aliphatic rings. The number of rotatable bonds is 4. The Morgan fingerprint density at radius 2 is 1.94 bits per heavy atom. The van der Waals surface area contributed by atoms with Gasteiger partial charge in [-0.3, -0.25) is 0 Å². The fourth-order valence-corrected chi connectivity index (χ4v) is 3.68. The molecule has 0 spiro atoms. The monoisotopic (exact) mass is 259 g/mol. The van der Waals surface area contributed by atoms with E-state index >= 15 is 0 Å². The number of aryl methyl sites for hydroxylation is 3. The molecule has 2 heteroatoms. The first-order chi connectivity index (χ1) is 8.67. The Kier molecular flexibility index (Phi) is 4.20. The minimum atomic E-state index is 0.319. The third kappa shape index (κ3) is 2.50. The Morgan fingerprint density at radius 1 is 1.22 bits per heavy atom. The molecule has 96 valence electrons. The Labute approximate surface area is 114 Å². The van der Waals surface area contributed by atoms with Gasteiger partial charge in [0, 0.05) is 9.75 Å². The van der Waals surface area contributed by atoms with E-state index in [4.69, 9.17) is 0 Å². The minimum absolute atomic E-state index is 0.319.